The Kier molecular flexibility index (Phi) is 10.3. The molecule has 0 radical (unpaired) electrons. The van der Waals surface area contributed by atoms with Crippen LogP contribution in [0.3, 0.4) is 0 Å². The number of benzene rings is 1. The molecule has 12 heteroatoms. The molecule has 2 fully saturated rings. The van der Waals surface area contributed by atoms with Crippen molar-refractivity contribution >= 4 is 33.8 Å². The van der Waals surface area contributed by atoms with E-state index in [0.717, 1.165) is 0 Å². The van der Waals surface area contributed by atoms with E-state index in [9.17, 15) is 27.6 Å². The number of amides is 4. The molecule has 244 valence electrons. The maximum atomic E-state index is 14.1. The Bertz CT molecular complexity index is 1360. The minimum absolute atomic E-state index is 0.0825. The van der Waals surface area contributed by atoms with Gasteiger partial charge < -0.3 is 20.3 Å². The van der Waals surface area contributed by atoms with Crippen molar-refractivity contribution in [3.8, 4) is 0 Å². The number of hydrogen-bond acceptors (Lipinski definition) is 7. The van der Waals surface area contributed by atoms with E-state index in [1.54, 1.807) is 39.0 Å². The van der Waals surface area contributed by atoms with Crippen LogP contribution >= 0.6 is 0 Å². The zero-order valence-electron chi connectivity index (χ0n) is 27.1. The lowest BCUT2D eigenvalue weighted by molar-refractivity contribution is -0.144. The van der Waals surface area contributed by atoms with Gasteiger partial charge in [0.05, 0.1) is 4.90 Å². The van der Waals surface area contributed by atoms with Crippen LogP contribution in [0.4, 0.5) is 4.79 Å². The van der Waals surface area contributed by atoms with E-state index in [1.807, 2.05) is 34.6 Å². The van der Waals surface area contributed by atoms with Crippen LogP contribution in [-0.4, -0.2) is 66.9 Å². The van der Waals surface area contributed by atoms with Gasteiger partial charge in [0.2, 0.25) is 11.8 Å². The summed E-state index contributed by atoms with van der Waals surface area (Å²) in [7, 11) is -4.19. The highest BCUT2D eigenvalue weighted by atomic mass is 32.2. The number of ether oxygens (including phenoxy) is 1. The number of nitrogens with zero attached hydrogens (tertiary/aromatic N) is 1. The molecular formula is C32H48N4O7S. The van der Waals surface area contributed by atoms with Crippen molar-refractivity contribution in [2.24, 2.45) is 23.2 Å². The molecule has 4 amide bonds. The molecule has 1 saturated heterocycles. The molecule has 0 bridgehead atoms. The number of alkyl carbamates (subject to hydrolysis) is 1. The van der Waals surface area contributed by atoms with Crippen LogP contribution in [-0.2, 0) is 29.1 Å². The average molecular weight is 633 g/mol. The summed E-state index contributed by atoms with van der Waals surface area (Å²) in [5.41, 5.74) is -3.02. The van der Waals surface area contributed by atoms with E-state index in [4.69, 9.17) is 4.74 Å². The van der Waals surface area contributed by atoms with Gasteiger partial charge in [-0.15, -0.1) is 6.58 Å². The molecule has 44 heavy (non-hydrogen) atoms. The fourth-order valence-electron chi connectivity index (χ4n) is 5.75. The highest BCUT2D eigenvalue weighted by Gasteiger charge is 2.61. The number of carbonyl (C=O) groups excluding carboxylic acids is 4. The molecule has 1 heterocycles. The lowest BCUT2D eigenvalue weighted by atomic mass is 9.85. The number of nitrogens with one attached hydrogen (secondary N) is 3. The van der Waals surface area contributed by atoms with Crippen molar-refractivity contribution < 1.29 is 32.3 Å². The van der Waals surface area contributed by atoms with E-state index < -0.39 is 68.4 Å². The summed E-state index contributed by atoms with van der Waals surface area (Å²) in [6, 6.07) is 5.55. The van der Waals surface area contributed by atoms with Gasteiger partial charge in [-0.3, -0.25) is 14.4 Å². The van der Waals surface area contributed by atoms with Gasteiger partial charge in [0.1, 0.15) is 23.2 Å². The molecule has 1 aromatic rings. The Labute approximate surface area is 261 Å². The van der Waals surface area contributed by atoms with Gasteiger partial charge in [0.25, 0.3) is 15.9 Å². The second-order valence-corrected chi connectivity index (χ2v) is 16.0. The van der Waals surface area contributed by atoms with Crippen LogP contribution < -0.4 is 15.4 Å². The molecule has 2 aliphatic rings. The summed E-state index contributed by atoms with van der Waals surface area (Å²) in [6.45, 7) is 18.7. The quantitative estimate of drug-likeness (QED) is 0.333. The largest absolute Gasteiger partial charge is 0.444 e. The van der Waals surface area contributed by atoms with Crippen molar-refractivity contribution in [1.82, 2.24) is 20.3 Å². The third kappa shape index (κ3) is 8.19. The Morgan fingerprint density at radius 3 is 2.20 bits per heavy atom. The fourth-order valence-corrected chi connectivity index (χ4v) is 6.81. The standard InChI is InChI=1S/C32H48N4O7S/c1-10-22-19-32(22,28(39)35-44(41,42)23-14-12-11-13-15-23)34-26(37)24-21(18-20(2)3)16-17-36(24)27(38)25(30(4,5)6)33-29(40)43-31(7,8)9/h10-15,20-22,24-25H,1,16-19H2,2-9H3,(H,33,40)(H,34,37)(H,35,39)/t21-,22?,24+,25?,32-/m1/s1. The minimum Gasteiger partial charge on any atom is -0.444 e. The second kappa shape index (κ2) is 12.9. The van der Waals surface area contributed by atoms with Crippen molar-refractivity contribution in [2.45, 2.75) is 103 Å². The zero-order chi connectivity index (χ0) is 33.3. The number of rotatable bonds is 10. The maximum absolute atomic E-state index is 14.1. The van der Waals surface area contributed by atoms with Gasteiger partial charge in [0.15, 0.2) is 0 Å². The molecule has 11 nitrogen and oxygen atoms in total. The van der Waals surface area contributed by atoms with Crippen LogP contribution in [0, 0.1) is 23.2 Å². The van der Waals surface area contributed by atoms with Gasteiger partial charge in [-0.25, -0.2) is 17.9 Å². The van der Waals surface area contributed by atoms with E-state index in [0.29, 0.717) is 12.8 Å². The molecule has 1 aromatic carbocycles. The number of carbonyl (C=O) groups is 4. The lowest BCUT2D eigenvalue weighted by Crippen LogP contribution is -2.61. The normalized spacial score (nSPS) is 24.3. The Morgan fingerprint density at radius 1 is 1.09 bits per heavy atom. The summed E-state index contributed by atoms with van der Waals surface area (Å²) < 4.78 is 33.4. The minimum atomic E-state index is -4.19. The monoisotopic (exact) mass is 632 g/mol. The van der Waals surface area contributed by atoms with Crippen molar-refractivity contribution in [2.75, 3.05) is 6.54 Å². The Balaban J connectivity index is 1.90. The molecule has 1 saturated carbocycles. The highest BCUT2D eigenvalue weighted by Crippen LogP contribution is 2.45. The number of sulfonamides is 1. The molecule has 3 rings (SSSR count). The first kappa shape index (κ1) is 35.1. The average Bonchev–Trinajstić information content (AvgIpc) is 3.45. The maximum Gasteiger partial charge on any atom is 0.408 e. The third-order valence-corrected chi connectivity index (χ3v) is 9.30. The van der Waals surface area contributed by atoms with Crippen LogP contribution in [0.25, 0.3) is 0 Å². The lowest BCUT2D eigenvalue weighted by Gasteiger charge is -2.37. The van der Waals surface area contributed by atoms with Crippen LogP contribution in [0.5, 0.6) is 0 Å². The van der Waals surface area contributed by atoms with Crippen molar-refractivity contribution in [1.29, 1.82) is 0 Å². The van der Waals surface area contributed by atoms with E-state index in [1.165, 1.54) is 23.1 Å². The topological polar surface area (TPSA) is 151 Å². The summed E-state index contributed by atoms with van der Waals surface area (Å²) in [4.78, 5) is 55.8. The summed E-state index contributed by atoms with van der Waals surface area (Å²) in [5.74, 6) is -2.34. The van der Waals surface area contributed by atoms with Gasteiger partial charge >= 0.3 is 6.09 Å². The first-order valence-electron chi connectivity index (χ1n) is 15.1. The zero-order valence-corrected chi connectivity index (χ0v) is 27.9. The van der Waals surface area contributed by atoms with Crippen molar-refractivity contribution in [3.63, 3.8) is 0 Å². The Morgan fingerprint density at radius 2 is 1.70 bits per heavy atom. The molecular weight excluding hydrogens is 584 g/mol. The second-order valence-electron chi connectivity index (χ2n) is 14.4. The molecule has 2 unspecified atom stereocenters. The molecule has 0 aromatic heterocycles. The summed E-state index contributed by atoms with van der Waals surface area (Å²) >= 11 is 0. The predicted octanol–water partition coefficient (Wildman–Crippen LogP) is 3.76. The van der Waals surface area contributed by atoms with E-state index in [2.05, 4.69) is 21.9 Å². The number of likely N-dealkylation sites (tertiary alicyclic amines) is 1. The Hall–Kier alpha value is -3.41. The third-order valence-electron chi connectivity index (χ3n) is 7.95. The van der Waals surface area contributed by atoms with Crippen molar-refractivity contribution in [3.05, 3.63) is 43.0 Å². The molecule has 0 spiro atoms. The number of hydrogen-bond donors (Lipinski definition) is 3. The summed E-state index contributed by atoms with van der Waals surface area (Å²) in [6.07, 6.45) is 2.13. The fraction of sp³-hybridized carbons (Fsp3) is 0.625. The first-order valence-corrected chi connectivity index (χ1v) is 16.6. The van der Waals surface area contributed by atoms with Gasteiger partial charge in [-0.1, -0.05) is 58.9 Å². The van der Waals surface area contributed by atoms with Crippen LogP contribution in [0.15, 0.2) is 47.9 Å². The summed E-state index contributed by atoms with van der Waals surface area (Å²) in [5, 5.41) is 5.54. The molecule has 3 N–H and O–H groups in total. The van der Waals surface area contributed by atoms with Gasteiger partial charge in [-0.05, 0) is 69.4 Å². The smallest absolute Gasteiger partial charge is 0.408 e. The first-order chi connectivity index (χ1) is 20.2. The van der Waals surface area contributed by atoms with Crippen LogP contribution in [0.2, 0.25) is 0 Å². The molecule has 5 atom stereocenters. The molecule has 1 aliphatic carbocycles. The predicted molar refractivity (Wildman–Crippen MR) is 167 cm³/mol. The van der Waals surface area contributed by atoms with Crippen LogP contribution in [0.1, 0.15) is 74.7 Å². The van der Waals surface area contributed by atoms with E-state index >= 15 is 0 Å². The molecule has 1 aliphatic heterocycles. The SMILES string of the molecule is C=CC1C[C@]1(NC(=O)[C@@H]1[C@@H](CC(C)C)CCN1C(=O)C(NC(=O)OC(C)(C)C)C(C)(C)C)C(=O)NS(=O)(=O)c1ccccc1. The van der Waals surface area contributed by atoms with Gasteiger partial charge in [-0.2, -0.15) is 0 Å². The highest BCUT2D eigenvalue weighted by molar-refractivity contribution is 7.90. The van der Waals surface area contributed by atoms with E-state index in [-0.39, 0.29) is 29.7 Å². The van der Waals surface area contributed by atoms with Gasteiger partial charge in [0, 0.05) is 12.5 Å².